The van der Waals surface area contributed by atoms with Gasteiger partial charge in [-0.25, -0.2) is 4.79 Å². The van der Waals surface area contributed by atoms with Crippen molar-refractivity contribution in [3.05, 3.63) is 89.5 Å². The van der Waals surface area contributed by atoms with Crippen LogP contribution in [0, 0.1) is 6.92 Å². The van der Waals surface area contributed by atoms with Crippen molar-refractivity contribution >= 4 is 40.9 Å². The van der Waals surface area contributed by atoms with Crippen LogP contribution in [0.4, 0.5) is 11.4 Å². The molecule has 1 unspecified atom stereocenters. The summed E-state index contributed by atoms with van der Waals surface area (Å²) < 4.78 is 4.96. The van der Waals surface area contributed by atoms with Gasteiger partial charge in [0.1, 0.15) is 0 Å². The van der Waals surface area contributed by atoms with Crippen LogP contribution in [-0.4, -0.2) is 29.6 Å². The standard InChI is InChI=1S/C26H26N2O4S/c1-4-32-26(31)19-11-13-21(14-12-19)27-24(29)18(3)33-23-10-6-9-22(16-23)28-25(30)20-8-5-7-17(2)15-20/h5-16,18H,4H2,1-3H3,(H,27,29)(H,28,30). The predicted octanol–water partition coefficient (Wildman–Crippen LogP) is 5.54. The molecule has 2 N–H and O–H groups in total. The Kier molecular flexibility index (Phi) is 8.27. The summed E-state index contributed by atoms with van der Waals surface area (Å²) in [5.41, 5.74) is 3.30. The molecule has 0 bridgehead atoms. The maximum absolute atomic E-state index is 12.6. The Hall–Kier alpha value is -3.58. The van der Waals surface area contributed by atoms with E-state index in [1.54, 1.807) is 37.3 Å². The molecule has 1 atom stereocenters. The van der Waals surface area contributed by atoms with Gasteiger partial charge >= 0.3 is 5.97 Å². The van der Waals surface area contributed by atoms with Gasteiger partial charge in [-0.15, -0.1) is 11.8 Å². The number of ether oxygens (including phenoxy) is 1. The largest absolute Gasteiger partial charge is 0.462 e. The molecule has 33 heavy (non-hydrogen) atoms. The van der Waals surface area contributed by atoms with Crippen LogP contribution in [-0.2, 0) is 9.53 Å². The number of aryl methyl sites for hydroxylation is 1. The molecular formula is C26H26N2O4S. The number of carbonyl (C=O) groups is 3. The quantitative estimate of drug-likeness (QED) is 0.339. The normalized spacial score (nSPS) is 11.4. The average molecular weight is 463 g/mol. The molecule has 0 radical (unpaired) electrons. The van der Waals surface area contributed by atoms with Crippen molar-refractivity contribution in [2.75, 3.05) is 17.2 Å². The highest BCUT2D eigenvalue weighted by molar-refractivity contribution is 8.00. The number of benzene rings is 3. The van der Waals surface area contributed by atoms with Gasteiger partial charge in [0.25, 0.3) is 5.91 Å². The molecule has 6 nitrogen and oxygen atoms in total. The number of amides is 2. The molecule has 2 amide bonds. The number of carbonyl (C=O) groups excluding carboxylic acids is 3. The zero-order chi connectivity index (χ0) is 23.8. The second kappa shape index (κ2) is 11.3. The lowest BCUT2D eigenvalue weighted by molar-refractivity contribution is -0.115. The van der Waals surface area contributed by atoms with Crippen LogP contribution in [0.5, 0.6) is 0 Å². The van der Waals surface area contributed by atoms with E-state index in [4.69, 9.17) is 4.74 Å². The van der Waals surface area contributed by atoms with Crippen LogP contribution in [0.25, 0.3) is 0 Å². The van der Waals surface area contributed by atoms with E-state index in [9.17, 15) is 14.4 Å². The topological polar surface area (TPSA) is 84.5 Å². The Morgan fingerprint density at radius 3 is 2.30 bits per heavy atom. The fourth-order valence-corrected chi connectivity index (χ4v) is 3.97. The lowest BCUT2D eigenvalue weighted by Gasteiger charge is -2.13. The number of esters is 1. The van der Waals surface area contributed by atoms with Crippen LogP contribution < -0.4 is 10.6 Å². The molecule has 0 aliphatic heterocycles. The van der Waals surface area contributed by atoms with E-state index in [1.165, 1.54) is 11.8 Å². The fourth-order valence-electron chi connectivity index (χ4n) is 3.04. The van der Waals surface area contributed by atoms with Gasteiger partial charge in [-0.1, -0.05) is 23.8 Å². The van der Waals surface area contributed by atoms with Crippen LogP contribution in [0.2, 0.25) is 0 Å². The molecule has 0 fully saturated rings. The first kappa shape index (κ1) is 24.1. The van der Waals surface area contributed by atoms with Crippen LogP contribution >= 0.6 is 11.8 Å². The number of anilines is 2. The van der Waals surface area contributed by atoms with Crippen molar-refractivity contribution in [1.82, 2.24) is 0 Å². The summed E-state index contributed by atoms with van der Waals surface area (Å²) in [5, 5.41) is 5.38. The van der Waals surface area contributed by atoms with E-state index in [2.05, 4.69) is 10.6 Å². The lowest BCUT2D eigenvalue weighted by Crippen LogP contribution is -2.22. The highest BCUT2D eigenvalue weighted by atomic mass is 32.2. The van der Waals surface area contributed by atoms with Crippen LogP contribution in [0.15, 0.2) is 77.7 Å². The first-order chi connectivity index (χ1) is 15.9. The highest BCUT2D eigenvalue weighted by Crippen LogP contribution is 2.27. The van der Waals surface area contributed by atoms with Crippen molar-refractivity contribution in [3.8, 4) is 0 Å². The Morgan fingerprint density at radius 1 is 0.879 bits per heavy atom. The minimum atomic E-state index is -0.395. The number of nitrogens with one attached hydrogen (secondary N) is 2. The SMILES string of the molecule is CCOC(=O)c1ccc(NC(=O)C(C)Sc2cccc(NC(=O)c3cccc(C)c3)c2)cc1. The van der Waals surface area contributed by atoms with Gasteiger partial charge < -0.3 is 15.4 Å². The molecule has 0 aromatic heterocycles. The Morgan fingerprint density at radius 2 is 1.61 bits per heavy atom. The molecule has 3 aromatic carbocycles. The van der Waals surface area contributed by atoms with Crippen molar-refractivity contribution in [3.63, 3.8) is 0 Å². The maximum Gasteiger partial charge on any atom is 0.338 e. The first-order valence-corrected chi connectivity index (χ1v) is 11.5. The summed E-state index contributed by atoms with van der Waals surface area (Å²) in [6.07, 6.45) is 0. The van der Waals surface area contributed by atoms with E-state index in [0.717, 1.165) is 10.5 Å². The third kappa shape index (κ3) is 6.95. The number of rotatable bonds is 8. The van der Waals surface area contributed by atoms with Crippen LogP contribution in [0.3, 0.4) is 0 Å². The van der Waals surface area contributed by atoms with E-state index in [-0.39, 0.29) is 17.1 Å². The number of hydrogen-bond acceptors (Lipinski definition) is 5. The molecule has 3 aromatic rings. The van der Waals surface area contributed by atoms with Crippen molar-refractivity contribution < 1.29 is 19.1 Å². The molecule has 7 heteroatoms. The molecule has 0 aliphatic carbocycles. The third-order valence-electron chi connectivity index (χ3n) is 4.72. The Bertz CT molecular complexity index is 1150. The van der Waals surface area contributed by atoms with Gasteiger partial charge in [0.05, 0.1) is 17.4 Å². The summed E-state index contributed by atoms with van der Waals surface area (Å²) in [5.74, 6) is -0.746. The van der Waals surface area contributed by atoms with Gasteiger partial charge in [0.2, 0.25) is 5.91 Å². The summed E-state index contributed by atoms with van der Waals surface area (Å²) >= 11 is 1.39. The highest BCUT2D eigenvalue weighted by Gasteiger charge is 2.16. The molecule has 170 valence electrons. The zero-order valence-electron chi connectivity index (χ0n) is 18.8. The molecular weight excluding hydrogens is 436 g/mol. The minimum absolute atomic E-state index is 0.168. The molecule has 0 aliphatic rings. The van der Waals surface area contributed by atoms with Gasteiger partial charge in [0.15, 0.2) is 0 Å². The third-order valence-corrected chi connectivity index (χ3v) is 5.81. The molecule has 0 heterocycles. The Labute approximate surface area is 197 Å². The first-order valence-electron chi connectivity index (χ1n) is 10.6. The van der Waals surface area contributed by atoms with Gasteiger partial charge in [-0.3, -0.25) is 9.59 Å². The molecule has 0 saturated carbocycles. The van der Waals surface area contributed by atoms with E-state index in [1.807, 2.05) is 56.3 Å². The smallest absolute Gasteiger partial charge is 0.338 e. The Balaban J connectivity index is 1.58. The maximum atomic E-state index is 12.6. The van der Waals surface area contributed by atoms with E-state index < -0.39 is 5.97 Å². The molecule has 0 saturated heterocycles. The molecule has 0 spiro atoms. The van der Waals surface area contributed by atoms with Gasteiger partial charge in [-0.2, -0.15) is 0 Å². The second-order valence-electron chi connectivity index (χ2n) is 7.40. The summed E-state index contributed by atoms with van der Waals surface area (Å²) in [6, 6.07) is 21.4. The number of thioether (sulfide) groups is 1. The summed E-state index contributed by atoms with van der Waals surface area (Å²) in [6.45, 7) is 5.81. The fraction of sp³-hybridized carbons (Fsp3) is 0.192. The van der Waals surface area contributed by atoms with Crippen LogP contribution in [0.1, 0.15) is 40.1 Å². The number of hydrogen-bond donors (Lipinski definition) is 2. The van der Waals surface area contributed by atoms with E-state index >= 15 is 0 Å². The second-order valence-corrected chi connectivity index (χ2v) is 8.81. The van der Waals surface area contributed by atoms with Crippen molar-refractivity contribution in [2.45, 2.75) is 30.9 Å². The predicted molar refractivity (Wildman–Crippen MR) is 132 cm³/mol. The average Bonchev–Trinajstić information content (AvgIpc) is 2.80. The monoisotopic (exact) mass is 462 g/mol. The minimum Gasteiger partial charge on any atom is -0.462 e. The van der Waals surface area contributed by atoms with Crippen molar-refractivity contribution in [2.24, 2.45) is 0 Å². The molecule has 3 rings (SSSR count). The summed E-state index contributed by atoms with van der Waals surface area (Å²) in [4.78, 5) is 37.7. The van der Waals surface area contributed by atoms with Gasteiger partial charge in [-0.05, 0) is 75.4 Å². The van der Waals surface area contributed by atoms with Crippen molar-refractivity contribution in [1.29, 1.82) is 0 Å². The lowest BCUT2D eigenvalue weighted by atomic mass is 10.1. The van der Waals surface area contributed by atoms with E-state index in [0.29, 0.717) is 29.1 Å². The van der Waals surface area contributed by atoms with Gasteiger partial charge in [0, 0.05) is 21.8 Å². The summed E-state index contributed by atoms with van der Waals surface area (Å²) in [7, 11) is 0. The zero-order valence-corrected chi connectivity index (χ0v) is 19.6.